The number of pyridine rings is 1. The van der Waals surface area contributed by atoms with Gasteiger partial charge in [0, 0.05) is 38.7 Å². The van der Waals surface area contributed by atoms with Crippen molar-refractivity contribution in [2.75, 3.05) is 13.6 Å². The number of likely N-dealkylation sites (tertiary alicyclic amines) is 1. The molecule has 3 rings (SSSR count). The third-order valence-electron chi connectivity index (χ3n) is 4.55. The quantitative estimate of drug-likeness (QED) is 0.924. The van der Waals surface area contributed by atoms with Gasteiger partial charge in [-0.15, -0.1) is 0 Å². The maximum absolute atomic E-state index is 12.8. The normalized spacial score (nSPS) is 21.3. The minimum atomic E-state index is -0.771. The summed E-state index contributed by atoms with van der Waals surface area (Å²) in [4.78, 5) is 28.0. The summed E-state index contributed by atoms with van der Waals surface area (Å²) < 4.78 is 0. The number of carbonyl (C=O) groups is 1. The molecule has 2 aromatic heterocycles. The third kappa shape index (κ3) is 2.70. The summed E-state index contributed by atoms with van der Waals surface area (Å²) >= 11 is 0. The van der Waals surface area contributed by atoms with E-state index in [1.807, 2.05) is 19.1 Å². The molecular weight excluding hydrogens is 290 g/mol. The van der Waals surface area contributed by atoms with E-state index in [2.05, 4.69) is 25.2 Å². The second-order valence-electron chi connectivity index (χ2n) is 5.82. The zero-order valence-electron chi connectivity index (χ0n) is 13.5. The van der Waals surface area contributed by atoms with Gasteiger partial charge < -0.3 is 5.32 Å². The second-order valence-corrected chi connectivity index (χ2v) is 5.82. The molecule has 0 saturated carbocycles. The highest BCUT2D eigenvalue weighted by atomic mass is 16.2. The summed E-state index contributed by atoms with van der Waals surface area (Å²) in [6.07, 6.45) is 8.43. The first-order chi connectivity index (χ1) is 11.2. The van der Waals surface area contributed by atoms with E-state index < -0.39 is 5.54 Å². The van der Waals surface area contributed by atoms with Crippen LogP contribution in [-0.2, 0) is 16.9 Å². The molecule has 0 spiro atoms. The fourth-order valence-electron chi connectivity index (χ4n) is 3.34. The standard InChI is InChI=1S/C17H21N5O/c1-13-5-3-7-20-14(13)12-22-10-4-6-17(22,16(23)18-2)15-11-19-8-9-21-15/h3,5,7-9,11H,4,6,10,12H2,1-2H3,(H,18,23). The SMILES string of the molecule is CNC(=O)C1(c2cnccn2)CCCN1Cc1ncccc1C. The lowest BCUT2D eigenvalue weighted by atomic mass is 9.90. The van der Waals surface area contributed by atoms with Crippen molar-refractivity contribution in [2.45, 2.75) is 31.8 Å². The second kappa shape index (κ2) is 6.42. The maximum Gasteiger partial charge on any atom is 0.246 e. The fourth-order valence-corrected chi connectivity index (χ4v) is 3.34. The van der Waals surface area contributed by atoms with Crippen molar-refractivity contribution in [3.8, 4) is 0 Å². The number of aromatic nitrogens is 3. The molecule has 1 atom stereocenters. The molecule has 1 unspecified atom stereocenters. The van der Waals surface area contributed by atoms with Gasteiger partial charge >= 0.3 is 0 Å². The highest BCUT2D eigenvalue weighted by Gasteiger charge is 2.49. The molecule has 23 heavy (non-hydrogen) atoms. The van der Waals surface area contributed by atoms with E-state index in [1.54, 1.807) is 31.8 Å². The number of hydrogen-bond acceptors (Lipinski definition) is 5. The molecule has 1 amide bonds. The van der Waals surface area contributed by atoms with Crippen molar-refractivity contribution in [3.05, 3.63) is 53.9 Å². The minimum absolute atomic E-state index is 0.0379. The number of likely N-dealkylation sites (N-methyl/N-ethyl adjacent to an activating group) is 1. The van der Waals surface area contributed by atoms with Crippen LogP contribution >= 0.6 is 0 Å². The number of amides is 1. The van der Waals surface area contributed by atoms with Crippen molar-refractivity contribution in [3.63, 3.8) is 0 Å². The predicted octanol–water partition coefficient (Wildman–Crippen LogP) is 1.42. The Hall–Kier alpha value is -2.34. The first-order valence-corrected chi connectivity index (χ1v) is 7.82. The predicted molar refractivity (Wildman–Crippen MR) is 86.4 cm³/mol. The highest BCUT2D eigenvalue weighted by Crippen LogP contribution is 2.39. The molecule has 1 aliphatic heterocycles. The summed E-state index contributed by atoms with van der Waals surface area (Å²) in [5.41, 5.74) is 2.05. The Morgan fingerprint density at radius 3 is 2.91 bits per heavy atom. The Morgan fingerprint density at radius 1 is 1.35 bits per heavy atom. The number of aryl methyl sites for hydroxylation is 1. The number of hydrogen-bond donors (Lipinski definition) is 1. The van der Waals surface area contributed by atoms with Gasteiger partial charge in [-0.05, 0) is 31.4 Å². The number of nitrogens with zero attached hydrogens (tertiary/aromatic N) is 4. The zero-order valence-corrected chi connectivity index (χ0v) is 13.5. The van der Waals surface area contributed by atoms with E-state index >= 15 is 0 Å². The van der Waals surface area contributed by atoms with Crippen LogP contribution in [-0.4, -0.2) is 39.4 Å². The number of nitrogens with one attached hydrogen (secondary N) is 1. The van der Waals surface area contributed by atoms with Crippen LogP contribution in [0.3, 0.4) is 0 Å². The molecule has 120 valence electrons. The molecule has 6 nitrogen and oxygen atoms in total. The van der Waals surface area contributed by atoms with Crippen molar-refractivity contribution in [1.82, 2.24) is 25.2 Å². The van der Waals surface area contributed by atoms with Crippen molar-refractivity contribution >= 4 is 5.91 Å². The molecular formula is C17H21N5O. The third-order valence-corrected chi connectivity index (χ3v) is 4.55. The van der Waals surface area contributed by atoms with Gasteiger partial charge in [-0.3, -0.25) is 24.6 Å². The molecule has 3 heterocycles. The monoisotopic (exact) mass is 311 g/mol. The topological polar surface area (TPSA) is 71.0 Å². The zero-order chi connectivity index (χ0) is 16.3. The van der Waals surface area contributed by atoms with Crippen LogP contribution in [0.25, 0.3) is 0 Å². The molecule has 0 aliphatic carbocycles. The first kappa shape index (κ1) is 15.6. The van der Waals surface area contributed by atoms with E-state index in [4.69, 9.17) is 0 Å². The lowest BCUT2D eigenvalue weighted by Gasteiger charge is -2.36. The summed E-state index contributed by atoms with van der Waals surface area (Å²) in [5.74, 6) is -0.0379. The van der Waals surface area contributed by atoms with Crippen LogP contribution < -0.4 is 5.32 Å². The Labute approximate surface area is 136 Å². The van der Waals surface area contributed by atoms with Crippen LogP contribution in [0.5, 0.6) is 0 Å². The van der Waals surface area contributed by atoms with Gasteiger partial charge in [0.05, 0.1) is 17.6 Å². The van der Waals surface area contributed by atoms with Gasteiger partial charge in [-0.1, -0.05) is 6.07 Å². The molecule has 0 radical (unpaired) electrons. The Bertz CT molecular complexity index is 690. The summed E-state index contributed by atoms with van der Waals surface area (Å²) in [6, 6.07) is 3.97. The van der Waals surface area contributed by atoms with Gasteiger partial charge in [0.15, 0.2) is 0 Å². The largest absolute Gasteiger partial charge is 0.357 e. The summed E-state index contributed by atoms with van der Waals surface area (Å²) in [7, 11) is 1.67. The van der Waals surface area contributed by atoms with Crippen LogP contribution in [0, 0.1) is 6.92 Å². The average Bonchev–Trinajstić information content (AvgIpc) is 3.01. The van der Waals surface area contributed by atoms with Gasteiger partial charge in [0.1, 0.15) is 5.54 Å². The van der Waals surface area contributed by atoms with Crippen LogP contribution in [0.15, 0.2) is 36.9 Å². The molecule has 1 N–H and O–H groups in total. The van der Waals surface area contributed by atoms with Gasteiger partial charge in [-0.25, -0.2) is 0 Å². The molecule has 6 heteroatoms. The van der Waals surface area contributed by atoms with Crippen molar-refractivity contribution in [2.24, 2.45) is 0 Å². The molecule has 1 saturated heterocycles. The minimum Gasteiger partial charge on any atom is -0.357 e. The smallest absolute Gasteiger partial charge is 0.246 e. The van der Waals surface area contributed by atoms with E-state index in [9.17, 15) is 4.79 Å². The molecule has 1 fully saturated rings. The molecule has 1 aliphatic rings. The molecule has 0 aromatic carbocycles. The summed E-state index contributed by atoms with van der Waals surface area (Å²) in [6.45, 7) is 3.50. The first-order valence-electron chi connectivity index (χ1n) is 7.82. The van der Waals surface area contributed by atoms with E-state index in [1.165, 1.54) is 0 Å². The Kier molecular flexibility index (Phi) is 4.34. The fraction of sp³-hybridized carbons (Fsp3) is 0.412. The van der Waals surface area contributed by atoms with Gasteiger partial charge in [0.25, 0.3) is 0 Å². The van der Waals surface area contributed by atoms with E-state index in [0.29, 0.717) is 12.2 Å². The molecule has 2 aromatic rings. The summed E-state index contributed by atoms with van der Waals surface area (Å²) in [5, 5.41) is 2.81. The average molecular weight is 311 g/mol. The highest BCUT2D eigenvalue weighted by molar-refractivity contribution is 5.87. The van der Waals surface area contributed by atoms with Crippen LogP contribution in [0.1, 0.15) is 29.8 Å². The van der Waals surface area contributed by atoms with E-state index in [-0.39, 0.29) is 5.91 Å². The molecule has 0 bridgehead atoms. The maximum atomic E-state index is 12.8. The Balaban J connectivity index is 2.01. The Morgan fingerprint density at radius 2 is 2.22 bits per heavy atom. The van der Waals surface area contributed by atoms with Crippen LogP contribution in [0.4, 0.5) is 0 Å². The van der Waals surface area contributed by atoms with Crippen molar-refractivity contribution < 1.29 is 4.79 Å². The number of rotatable bonds is 4. The lowest BCUT2D eigenvalue weighted by molar-refractivity contribution is -0.132. The number of carbonyl (C=O) groups excluding carboxylic acids is 1. The van der Waals surface area contributed by atoms with E-state index in [0.717, 1.165) is 30.6 Å². The van der Waals surface area contributed by atoms with Crippen molar-refractivity contribution in [1.29, 1.82) is 0 Å². The van der Waals surface area contributed by atoms with Gasteiger partial charge in [0.2, 0.25) is 5.91 Å². The van der Waals surface area contributed by atoms with Gasteiger partial charge in [-0.2, -0.15) is 0 Å². The van der Waals surface area contributed by atoms with Crippen LogP contribution in [0.2, 0.25) is 0 Å². The lowest BCUT2D eigenvalue weighted by Crippen LogP contribution is -2.52.